The summed E-state index contributed by atoms with van der Waals surface area (Å²) >= 11 is 13.9. The number of benzene rings is 2. The Morgan fingerprint density at radius 3 is 2.80 bits per heavy atom. The van der Waals surface area contributed by atoms with Gasteiger partial charge in [-0.15, -0.1) is 11.8 Å². The summed E-state index contributed by atoms with van der Waals surface area (Å²) in [6, 6.07) is 14.9. The molecular formula is C16H15Cl2NS. The maximum absolute atomic E-state index is 6.05. The van der Waals surface area contributed by atoms with Gasteiger partial charge in [0.25, 0.3) is 0 Å². The molecule has 1 atom stereocenters. The minimum Gasteiger partial charge on any atom is -0.306 e. The van der Waals surface area contributed by atoms with Crippen LogP contribution < -0.4 is 5.32 Å². The van der Waals surface area contributed by atoms with Gasteiger partial charge in [0.05, 0.1) is 10.0 Å². The average Bonchev–Trinajstić information content (AvgIpc) is 2.48. The number of hydrogen-bond donors (Lipinski definition) is 1. The van der Waals surface area contributed by atoms with E-state index >= 15 is 0 Å². The van der Waals surface area contributed by atoms with E-state index in [0.29, 0.717) is 16.1 Å². The lowest BCUT2D eigenvalue weighted by molar-refractivity contribution is 0.510. The molecule has 0 bridgehead atoms. The van der Waals surface area contributed by atoms with Crippen LogP contribution in [0.2, 0.25) is 10.0 Å². The number of halogens is 2. The van der Waals surface area contributed by atoms with Crippen molar-refractivity contribution in [3.8, 4) is 0 Å². The predicted molar refractivity (Wildman–Crippen MR) is 87.8 cm³/mol. The number of nitrogens with one attached hydrogen (secondary N) is 1. The van der Waals surface area contributed by atoms with E-state index in [1.807, 2.05) is 30.0 Å². The summed E-state index contributed by atoms with van der Waals surface area (Å²) in [6.45, 7) is 0.806. The molecule has 0 aliphatic carbocycles. The molecule has 1 unspecified atom stereocenters. The first-order chi connectivity index (χ1) is 9.74. The first kappa shape index (κ1) is 14.3. The Morgan fingerprint density at radius 1 is 1.10 bits per heavy atom. The smallest absolute Gasteiger partial charge is 0.0595 e. The third-order valence-electron chi connectivity index (χ3n) is 3.50. The van der Waals surface area contributed by atoms with Gasteiger partial charge in [0.1, 0.15) is 0 Å². The summed E-state index contributed by atoms with van der Waals surface area (Å²) in [5.41, 5.74) is 2.57. The van der Waals surface area contributed by atoms with Gasteiger partial charge in [-0.25, -0.2) is 0 Å². The molecule has 0 spiro atoms. The molecule has 0 fully saturated rings. The molecule has 0 aromatic heterocycles. The number of fused-ring (bicyclic) bond motifs is 1. The first-order valence-electron chi connectivity index (χ1n) is 6.63. The van der Waals surface area contributed by atoms with Gasteiger partial charge in [-0.05, 0) is 41.5 Å². The van der Waals surface area contributed by atoms with Gasteiger partial charge in [-0.2, -0.15) is 0 Å². The van der Waals surface area contributed by atoms with E-state index in [9.17, 15) is 0 Å². The molecule has 1 N–H and O–H groups in total. The Kier molecular flexibility index (Phi) is 4.57. The average molecular weight is 324 g/mol. The molecule has 0 saturated heterocycles. The van der Waals surface area contributed by atoms with E-state index in [2.05, 4.69) is 29.6 Å². The maximum atomic E-state index is 6.05. The van der Waals surface area contributed by atoms with Crippen LogP contribution in [0.3, 0.4) is 0 Å². The Hall–Kier alpha value is -0.670. The predicted octanol–water partition coefficient (Wildman–Crippen LogP) is 5.32. The normalized spacial score (nSPS) is 17.8. The van der Waals surface area contributed by atoms with Crippen molar-refractivity contribution in [1.29, 1.82) is 0 Å². The largest absolute Gasteiger partial charge is 0.306 e. The Balaban J connectivity index is 1.71. The molecule has 4 heteroatoms. The van der Waals surface area contributed by atoms with Gasteiger partial charge in [0, 0.05) is 17.5 Å². The molecular weight excluding hydrogens is 309 g/mol. The molecule has 0 amide bonds. The molecule has 2 aromatic carbocycles. The fraction of sp³-hybridized carbons (Fsp3) is 0.250. The third kappa shape index (κ3) is 3.15. The SMILES string of the molecule is Clc1ccc(CNC2CCSc3ccccc32)cc1Cl. The summed E-state index contributed by atoms with van der Waals surface area (Å²) in [7, 11) is 0. The van der Waals surface area contributed by atoms with E-state index in [-0.39, 0.29) is 0 Å². The highest BCUT2D eigenvalue weighted by molar-refractivity contribution is 7.99. The molecule has 104 valence electrons. The van der Waals surface area contributed by atoms with E-state index in [1.54, 1.807) is 0 Å². The second kappa shape index (κ2) is 6.40. The second-order valence-electron chi connectivity index (χ2n) is 4.86. The van der Waals surface area contributed by atoms with Gasteiger partial charge >= 0.3 is 0 Å². The molecule has 0 radical (unpaired) electrons. The zero-order valence-electron chi connectivity index (χ0n) is 10.9. The van der Waals surface area contributed by atoms with Crippen molar-refractivity contribution in [1.82, 2.24) is 5.32 Å². The molecule has 1 aliphatic heterocycles. The lowest BCUT2D eigenvalue weighted by atomic mass is 10.0. The highest BCUT2D eigenvalue weighted by Crippen LogP contribution is 2.36. The van der Waals surface area contributed by atoms with Gasteiger partial charge in [0.2, 0.25) is 0 Å². The lowest BCUT2D eigenvalue weighted by Crippen LogP contribution is -2.24. The van der Waals surface area contributed by atoms with Crippen LogP contribution in [0.15, 0.2) is 47.4 Å². The van der Waals surface area contributed by atoms with Crippen LogP contribution >= 0.6 is 35.0 Å². The summed E-state index contributed by atoms with van der Waals surface area (Å²) in [5, 5.41) is 4.85. The lowest BCUT2D eigenvalue weighted by Gasteiger charge is -2.26. The van der Waals surface area contributed by atoms with Crippen LogP contribution in [0.5, 0.6) is 0 Å². The molecule has 1 aliphatic rings. The molecule has 2 aromatic rings. The quantitative estimate of drug-likeness (QED) is 0.820. The van der Waals surface area contributed by atoms with Crippen molar-refractivity contribution >= 4 is 35.0 Å². The van der Waals surface area contributed by atoms with Crippen LogP contribution in [0.1, 0.15) is 23.6 Å². The minimum absolute atomic E-state index is 0.418. The van der Waals surface area contributed by atoms with Crippen molar-refractivity contribution in [3.63, 3.8) is 0 Å². The third-order valence-corrected chi connectivity index (χ3v) is 5.36. The van der Waals surface area contributed by atoms with Crippen LogP contribution in [-0.4, -0.2) is 5.75 Å². The maximum Gasteiger partial charge on any atom is 0.0595 e. The first-order valence-corrected chi connectivity index (χ1v) is 8.37. The van der Waals surface area contributed by atoms with Crippen LogP contribution in [0.25, 0.3) is 0 Å². The summed E-state index contributed by atoms with van der Waals surface area (Å²) in [4.78, 5) is 1.39. The Bertz CT molecular complexity index is 615. The fourth-order valence-corrected chi connectivity index (χ4v) is 3.89. The Morgan fingerprint density at radius 2 is 1.95 bits per heavy atom. The minimum atomic E-state index is 0.418. The van der Waals surface area contributed by atoms with Crippen molar-refractivity contribution in [2.24, 2.45) is 0 Å². The molecule has 1 nitrogen and oxygen atoms in total. The zero-order chi connectivity index (χ0) is 13.9. The van der Waals surface area contributed by atoms with Crippen LogP contribution in [0, 0.1) is 0 Å². The highest BCUT2D eigenvalue weighted by atomic mass is 35.5. The van der Waals surface area contributed by atoms with Gasteiger partial charge in [-0.1, -0.05) is 47.5 Å². The standard InChI is InChI=1S/C16H15Cl2NS/c17-13-6-5-11(9-14(13)18)10-19-15-7-8-20-16-4-2-1-3-12(15)16/h1-6,9,15,19H,7-8,10H2. The number of thioether (sulfide) groups is 1. The van der Waals surface area contributed by atoms with E-state index < -0.39 is 0 Å². The van der Waals surface area contributed by atoms with Gasteiger partial charge in [-0.3, -0.25) is 0 Å². The fourth-order valence-electron chi connectivity index (χ4n) is 2.44. The number of rotatable bonds is 3. The van der Waals surface area contributed by atoms with E-state index in [1.165, 1.54) is 10.5 Å². The monoisotopic (exact) mass is 323 g/mol. The molecule has 3 rings (SSSR count). The number of hydrogen-bond acceptors (Lipinski definition) is 2. The van der Waals surface area contributed by atoms with Gasteiger partial charge < -0.3 is 5.32 Å². The Labute approximate surface area is 133 Å². The van der Waals surface area contributed by atoms with Crippen molar-refractivity contribution in [3.05, 3.63) is 63.6 Å². The second-order valence-corrected chi connectivity index (χ2v) is 6.81. The summed E-state index contributed by atoms with van der Waals surface area (Å²) in [6.07, 6.45) is 1.16. The van der Waals surface area contributed by atoms with Crippen LogP contribution in [0.4, 0.5) is 0 Å². The van der Waals surface area contributed by atoms with E-state index in [0.717, 1.165) is 24.3 Å². The van der Waals surface area contributed by atoms with Crippen molar-refractivity contribution in [2.45, 2.75) is 23.9 Å². The summed E-state index contributed by atoms with van der Waals surface area (Å²) < 4.78 is 0. The van der Waals surface area contributed by atoms with E-state index in [4.69, 9.17) is 23.2 Å². The topological polar surface area (TPSA) is 12.0 Å². The molecule has 0 saturated carbocycles. The summed E-state index contributed by atoms with van der Waals surface area (Å²) in [5.74, 6) is 1.16. The molecule has 1 heterocycles. The molecule has 20 heavy (non-hydrogen) atoms. The highest BCUT2D eigenvalue weighted by Gasteiger charge is 2.19. The van der Waals surface area contributed by atoms with Crippen molar-refractivity contribution in [2.75, 3.05) is 5.75 Å². The van der Waals surface area contributed by atoms with Gasteiger partial charge in [0.15, 0.2) is 0 Å². The van der Waals surface area contributed by atoms with Crippen molar-refractivity contribution < 1.29 is 0 Å². The zero-order valence-corrected chi connectivity index (χ0v) is 13.2. The van der Waals surface area contributed by atoms with Crippen LogP contribution in [-0.2, 0) is 6.54 Å².